The van der Waals surface area contributed by atoms with Crippen molar-refractivity contribution in [3.63, 3.8) is 0 Å². The van der Waals surface area contributed by atoms with Crippen molar-refractivity contribution in [2.24, 2.45) is 5.92 Å². The molecule has 0 unspecified atom stereocenters. The van der Waals surface area contributed by atoms with Crippen LogP contribution in [-0.2, 0) is 9.59 Å². The summed E-state index contributed by atoms with van der Waals surface area (Å²) in [6.07, 6.45) is 3.71. The Morgan fingerprint density at radius 2 is 1.94 bits per heavy atom. The van der Waals surface area contributed by atoms with Crippen LogP contribution < -0.4 is 5.32 Å². The highest BCUT2D eigenvalue weighted by atomic mass is 16.2. The molecule has 0 radical (unpaired) electrons. The van der Waals surface area contributed by atoms with Crippen LogP contribution in [0.1, 0.15) is 39.5 Å². The molecule has 1 N–H and O–H groups in total. The largest absolute Gasteiger partial charge is 0.340 e. The highest BCUT2D eigenvalue weighted by Crippen LogP contribution is 2.33. The monoisotopic (exact) mass is 224 g/mol. The zero-order valence-electron chi connectivity index (χ0n) is 10.1. The van der Waals surface area contributed by atoms with E-state index in [4.69, 9.17) is 0 Å². The molecule has 1 saturated carbocycles. The van der Waals surface area contributed by atoms with Crippen LogP contribution in [0.4, 0.5) is 0 Å². The van der Waals surface area contributed by atoms with E-state index < -0.39 is 5.54 Å². The Kier molecular flexibility index (Phi) is 2.91. The number of carbonyl (C=O) groups excluding carboxylic acids is 2. The normalized spacial score (nSPS) is 24.3. The summed E-state index contributed by atoms with van der Waals surface area (Å²) in [6.45, 7) is 5.06. The van der Waals surface area contributed by atoms with Crippen molar-refractivity contribution in [1.82, 2.24) is 10.2 Å². The highest BCUT2D eigenvalue weighted by molar-refractivity contribution is 5.98. The molecule has 16 heavy (non-hydrogen) atoms. The van der Waals surface area contributed by atoms with E-state index in [0.29, 0.717) is 12.5 Å². The second-order valence-corrected chi connectivity index (χ2v) is 5.42. The molecule has 1 spiro atoms. The van der Waals surface area contributed by atoms with E-state index in [0.717, 1.165) is 25.7 Å². The Hall–Kier alpha value is -1.06. The fourth-order valence-electron chi connectivity index (χ4n) is 2.81. The lowest BCUT2D eigenvalue weighted by molar-refractivity contribution is -0.150. The third-order valence-corrected chi connectivity index (χ3v) is 3.45. The van der Waals surface area contributed by atoms with E-state index >= 15 is 0 Å². The number of piperazine rings is 1. The number of carbonyl (C=O) groups is 2. The lowest BCUT2D eigenvalue weighted by atomic mass is 9.92. The number of nitrogens with one attached hydrogen (secondary N) is 1. The lowest BCUT2D eigenvalue weighted by Crippen LogP contribution is -2.65. The van der Waals surface area contributed by atoms with Crippen molar-refractivity contribution in [2.45, 2.75) is 45.1 Å². The van der Waals surface area contributed by atoms with Crippen LogP contribution in [0.5, 0.6) is 0 Å². The zero-order valence-corrected chi connectivity index (χ0v) is 10.1. The van der Waals surface area contributed by atoms with E-state index in [1.165, 1.54) is 0 Å². The van der Waals surface area contributed by atoms with Crippen LogP contribution >= 0.6 is 0 Å². The summed E-state index contributed by atoms with van der Waals surface area (Å²) in [4.78, 5) is 25.7. The third kappa shape index (κ3) is 1.93. The van der Waals surface area contributed by atoms with Gasteiger partial charge in [0, 0.05) is 6.54 Å². The summed E-state index contributed by atoms with van der Waals surface area (Å²) in [6, 6.07) is 0. The van der Waals surface area contributed by atoms with E-state index in [1.807, 2.05) is 0 Å². The molecule has 0 atom stereocenters. The maximum Gasteiger partial charge on any atom is 0.248 e. The van der Waals surface area contributed by atoms with Crippen LogP contribution in [0.3, 0.4) is 0 Å². The average molecular weight is 224 g/mol. The van der Waals surface area contributed by atoms with Gasteiger partial charge in [0.2, 0.25) is 11.8 Å². The average Bonchev–Trinajstić information content (AvgIpc) is 2.62. The summed E-state index contributed by atoms with van der Waals surface area (Å²) in [5.74, 6) is 0.550. The van der Waals surface area contributed by atoms with Gasteiger partial charge in [-0.2, -0.15) is 0 Å². The van der Waals surface area contributed by atoms with Gasteiger partial charge in [-0.1, -0.05) is 26.7 Å². The highest BCUT2D eigenvalue weighted by Gasteiger charge is 2.48. The van der Waals surface area contributed by atoms with Gasteiger partial charge in [-0.3, -0.25) is 9.59 Å². The lowest BCUT2D eigenvalue weighted by Gasteiger charge is -2.40. The van der Waals surface area contributed by atoms with Gasteiger partial charge in [0.1, 0.15) is 5.54 Å². The predicted octanol–water partition coefficient (Wildman–Crippen LogP) is 0.914. The molecule has 2 amide bonds. The molecule has 1 saturated heterocycles. The molecule has 2 aliphatic rings. The van der Waals surface area contributed by atoms with Crippen molar-refractivity contribution in [2.75, 3.05) is 13.1 Å². The predicted molar refractivity (Wildman–Crippen MR) is 60.8 cm³/mol. The topological polar surface area (TPSA) is 49.4 Å². The maximum atomic E-state index is 12.3. The second-order valence-electron chi connectivity index (χ2n) is 5.42. The fraction of sp³-hybridized carbons (Fsp3) is 0.833. The summed E-state index contributed by atoms with van der Waals surface area (Å²) >= 11 is 0. The molecule has 1 heterocycles. The Morgan fingerprint density at radius 1 is 1.31 bits per heavy atom. The smallest absolute Gasteiger partial charge is 0.248 e. The zero-order chi connectivity index (χ0) is 11.8. The standard InChI is InChI=1S/C12H20N2O2/c1-9(2)7-14-8-10(15)13-12(11(14)16)5-3-4-6-12/h9H,3-8H2,1-2H3,(H,13,15). The van der Waals surface area contributed by atoms with Crippen LogP contribution in [0.15, 0.2) is 0 Å². The van der Waals surface area contributed by atoms with Gasteiger partial charge < -0.3 is 10.2 Å². The van der Waals surface area contributed by atoms with E-state index in [2.05, 4.69) is 19.2 Å². The molecule has 0 aromatic carbocycles. The van der Waals surface area contributed by atoms with Gasteiger partial charge in [-0.25, -0.2) is 0 Å². The molecule has 1 aliphatic heterocycles. The van der Waals surface area contributed by atoms with E-state index in [1.54, 1.807) is 4.90 Å². The first-order chi connectivity index (χ1) is 7.53. The molecule has 90 valence electrons. The number of nitrogens with zero attached hydrogens (tertiary/aromatic N) is 1. The first-order valence-corrected chi connectivity index (χ1v) is 6.14. The molecule has 4 heteroatoms. The van der Waals surface area contributed by atoms with Crippen LogP contribution in [-0.4, -0.2) is 35.3 Å². The van der Waals surface area contributed by atoms with Crippen molar-refractivity contribution in [1.29, 1.82) is 0 Å². The van der Waals surface area contributed by atoms with Crippen molar-refractivity contribution < 1.29 is 9.59 Å². The van der Waals surface area contributed by atoms with Crippen molar-refractivity contribution in [3.05, 3.63) is 0 Å². The van der Waals surface area contributed by atoms with Gasteiger partial charge in [0.25, 0.3) is 0 Å². The molecule has 0 bridgehead atoms. The number of hydrogen-bond acceptors (Lipinski definition) is 2. The maximum absolute atomic E-state index is 12.3. The van der Waals surface area contributed by atoms with Gasteiger partial charge in [-0.05, 0) is 18.8 Å². The number of rotatable bonds is 2. The Balaban J connectivity index is 2.16. The Bertz CT molecular complexity index is 306. The summed E-state index contributed by atoms with van der Waals surface area (Å²) in [5.41, 5.74) is -0.551. The minimum atomic E-state index is -0.551. The van der Waals surface area contributed by atoms with Crippen LogP contribution in [0, 0.1) is 5.92 Å². The molecular weight excluding hydrogens is 204 g/mol. The van der Waals surface area contributed by atoms with Crippen LogP contribution in [0.2, 0.25) is 0 Å². The Labute approximate surface area is 96.4 Å². The van der Waals surface area contributed by atoms with Gasteiger partial charge in [0.15, 0.2) is 0 Å². The SMILES string of the molecule is CC(C)CN1CC(=O)NC2(CCCC2)C1=O. The minimum Gasteiger partial charge on any atom is -0.340 e. The van der Waals surface area contributed by atoms with Crippen molar-refractivity contribution in [3.8, 4) is 0 Å². The molecule has 0 aromatic rings. The molecule has 0 aromatic heterocycles. The second kappa shape index (κ2) is 4.07. The van der Waals surface area contributed by atoms with Gasteiger partial charge in [-0.15, -0.1) is 0 Å². The first kappa shape index (κ1) is 11.4. The summed E-state index contributed by atoms with van der Waals surface area (Å²) in [7, 11) is 0. The fourth-order valence-corrected chi connectivity index (χ4v) is 2.81. The number of hydrogen-bond donors (Lipinski definition) is 1. The Morgan fingerprint density at radius 3 is 2.50 bits per heavy atom. The van der Waals surface area contributed by atoms with Gasteiger partial charge in [0.05, 0.1) is 6.54 Å². The minimum absolute atomic E-state index is 0.00199. The molecule has 2 rings (SSSR count). The van der Waals surface area contributed by atoms with Crippen molar-refractivity contribution >= 4 is 11.8 Å². The first-order valence-electron chi connectivity index (χ1n) is 6.14. The third-order valence-electron chi connectivity index (χ3n) is 3.45. The van der Waals surface area contributed by atoms with E-state index in [-0.39, 0.29) is 18.4 Å². The number of amides is 2. The summed E-state index contributed by atoms with van der Waals surface area (Å²) in [5, 5.41) is 2.91. The molecule has 4 nitrogen and oxygen atoms in total. The quantitative estimate of drug-likeness (QED) is 0.758. The summed E-state index contributed by atoms with van der Waals surface area (Å²) < 4.78 is 0. The molecule has 2 fully saturated rings. The van der Waals surface area contributed by atoms with Crippen LogP contribution in [0.25, 0.3) is 0 Å². The van der Waals surface area contributed by atoms with E-state index in [9.17, 15) is 9.59 Å². The molecular formula is C12H20N2O2. The molecule has 1 aliphatic carbocycles. The van der Waals surface area contributed by atoms with Gasteiger partial charge >= 0.3 is 0 Å².